The summed E-state index contributed by atoms with van der Waals surface area (Å²) < 4.78 is 30.3. The first-order valence-corrected chi connectivity index (χ1v) is 7.09. The first-order valence-electron chi connectivity index (χ1n) is 5.60. The molecule has 0 aliphatic rings. The summed E-state index contributed by atoms with van der Waals surface area (Å²) in [5.41, 5.74) is -1.04. The predicted molar refractivity (Wildman–Crippen MR) is 70.0 cm³/mol. The molecule has 20 heavy (non-hydrogen) atoms. The van der Waals surface area contributed by atoms with Crippen LogP contribution in [0.25, 0.3) is 0 Å². The fourth-order valence-corrected chi connectivity index (χ4v) is 2.18. The number of carbonyl (C=O) groups is 2. The van der Waals surface area contributed by atoms with Crippen LogP contribution < -0.4 is 4.72 Å². The molecule has 110 valence electrons. The van der Waals surface area contributed by atoms with Gasteiger partial charge in [-0.05, 0) is 39.0 Å². The van der Waals surface area contributed by atoms with E-state index >= 15 is 0 Å². The lowest BCUT2D eigenvalue weighted by Crippen LogP contribution is -2.36. The average Bonchev–Trinajstić information content (AvgIpc) is 2.25. The number of amides is 1. The van der Waals surface area contributed by atoms with E-state index < -0.39 is 27.7 Å². The highest BCUT2D eigenvalue weighted by atomic mass is 32.2. The van der Waals surface area contributed by atoms with Crippen LogP contribution in [0.1, 0.15) is 31.1 Å². The van der Waals surface area contributed by atoms with Crippen molar-refractivity contribution in [1.82, 2.24) is 4.72 Å². The number of carbonyl (C=O) groups excluding carboxylic acids is 1. The molecule has 0 saturated carbocycles. The van der Waals surface area contributed by atoms with E-state index in [-0.39, 0.29) is 10.5 Å². The third kappa shape index (κ3) is 4.54. The monoisotopic (exact) mass is 301 g/mol. The Bertz CT molecular complexity index is 630. The Kier molecular flexibility index (Phi) is 4.39. The second-order valence-corrected chi connectivity index (χ2v) is 6.62. The summed E-state index contributed by atoms with van der Waals surface area (Å²) in [5, 5.41) is 8.80. The van der Waals surface area contributed by atoms with Crippen LogP contribution >= 0.6 is 0 Å². The molecule has 0 spiro atoms. The van der Waals surface area contributed by atoms with Crippen LogP contribution in [0.4, 0.5) is 4.79 Å². The Morgan fingerprint density at radius 3 is 2.35 bits per heavy atom. The maximum Gasteiger partial charge on any atom is 0.421 e. The average molecular weight is 301 g/mol. The van der Waals surface area contributed by atoms with Crippen LogP contribution in [0.3, 0.4) is 0 Å². The number of benzene rings is 1. The highest BCUT2D eigenvalue weighted by Gasteiger charge is 2.23. The van der Waals surface area contributed by atoms with E-state index in [1.165, 1.54) is 18.2 Å². The Labute approximate surface area is 116 Å². The van der Waals surface area contributed by atoms with E-state index in [9.17, 15) is 18.0 Å². The molecule has 7 nitrogen and oxygen atoms in total. The van der Waals surface area contributed by atoms with Gasteiger partial charge in [-0.25, -0.2) is 22.7 Å². The second-order valence-electron chi connectivity index (χ2n) is 4.94. The summed E-state index contributed by atoms with van der Waals surface area (Å²) in [6.45, 7) is 4.76. The van der Waals surface area contributed by atoms with Crippen LogP contribution in [0.15, 0.2) is 29.2 Å². The van der Waals surface area contributed by atoms with Gasteiger partial charge in [0.2, 0.25) is 0 Å². The van der Waals surface area contributed by atoms with Gasteiger partial charge < -0.3 is 9.84 Å². The Balaban J connectivity index is 2.97. The van der Waals surface area contributed by atoms with Crippen LogP contribution in [-0.4, -0.2) is 31.2 Å². The van der Waals surface area contributed by atoms with Crippen LogP contribution in [0, 0.1) is 0 Å². The third-order valence-corrected chi connectivity index (χ3v) is 3.32. The Morgan fingerprint density at radius 1 is 1.25 bits per heavy atom. The summed E-state index contributed by atoms with van der Waals surface area (Å²) >= 11 is 0. The van der Waals surface area contributed by atoms with Crippen molar-refractivity contribution in [1.29, 1.82) is 0 Å². The number of hydrogen-bond acceptors (Lipinski definition) is 5. The Hall–Kier alpha value is -2.09. The van der Waals surface area contributed by atoms with Gasteiger partial charge in [-0.2, -0.15) is 0 Å². The molecule has 0 radical (unpaired) electrons. The summed E-state index contributed by atoms with van der Waals surface area (Å²) in [7, 11) is -4.18. The number of nitrogens with one attached hydrogen (secondary N) is 1. The normalized spacial score (nSPS) is 11.8. The van der Waals surface area contributed by atoms with Crippen molar-refractivity contribution in [2.24, 2.45) is 0 Å². The molecule has 1 aromatic rings. The SMILES string of the molecule is CC(C)(C)OC(=O)NS(=O)(=O)c1cccc(C(=O)O)c1. The first-order chi connectivity index (χ1) is 9.01. The quantitative estimate of drug-likeness (QED) is 0.877. The topological polar surface area (TPSA) is 110 Å². The van der Waals surface area contributed by atoms with Gasteiger partial charge in [0.05, 0.1) is 10.5 Å². The fourth-order valence-electron chi connectivity index (χ4n) is 1.26. The molecule has 1 amide bonds. The molecule has 2 N–H and O–H groups in total. The first kappa shape index (κ1) is 16.0. The molecule has 0 atom stereocenters. The zero-order valence-corrected chi connectivity index (χ0v) is 12.0. The minimum absolute atomic E-state index is 0.197. The molecule has 0 aromatic heterocycles. The number of carboxylic acid groups (broad SMARTS) is 1. The number of aromatic carboxylic acids is 1. The van der Waals surface area contributed by atoms with Crippen molar-refractivity contribution in [3.8, 4) is 0 Å². The molecular weight excluding hydrogens is 286 g/mol. The lowest BCUT2D eigenvalue weighted by molar-refractivity contribution is 0.0569. The van der Waals surface area contributed by atoms with Crippen molar-refractivity contribution in [3.63, 3.8) is 0 Å². The van der Waals surface area contributed by atoms with Gasteiger partial charge in [0.15, 0.2) is 0 Å². The van der Waals surface area contributed by atoms with E-state index in [4.69, 9.17) is 9.84 Å². The van der Waals surface area contributed by atoms with Crippen molar-refractivity contribution in [2.75, 3.05) is 0 Å². The maximum absolute atomic E-state index is 11.9. The number of sulfonamides is 1. The van der Waals surface area contributed by atoms with Crippen LogP contribution in [0.5, 0.6) is 0 Å². The van der Waals surface area contributed by atoms with E-state index in [1.807, 2.05) is 0 Å². The summed E-state index contributed by atoms with van der Waals surface area (Å²) in [6.07, 6.45) is -1.13. The number of hydrogen-bond donors (Lipinski definition) is 2. The van der Waals surface area contributed by atoms with Gasteiger partial charge in [-0.15, -0.1) is 0 Å². The van der Waals surface area contributed by atoms with Gasteiger partial charge in [0.1, 0.15) is 5.60 Å². The summed E-state index contributed by atoms with van der Waals surface area (Å²) in [4.78, 5) is 21.9. The van der Waals surface area contributed by atoms with Gasteiger partial charge in [0, 0.05) is 0 Å². The van der Waals surface area contributed by atoms with Gasteiger partial charge in [0.25, 0.3) is 10.0 Å². The Morgan fingerprint density at radius 2 is 1.85 bits per heavy atom. The molecule has 0 unspecified atom stereocenters. The molecule has 0 aliphatic heterocycles. The molecular formula is C12H15NO6S. The van der Waals surface area contributed by atoms with Gasteiger partial charge in [-0.1, -0.05) is 6.07 Å². The summed E-state index contributed by atoms with van der Waals surface area (Å²) in [6, 6.07) is 4.65. The van der Waals surface area contributed by atoms with Crippen molar-refractivity contribution in [2.45, 2.75) is 31.3 Å². The smallest absolute Gasteiger partial charge is 0.421 e. The zero-order chi connectivity index (χ0) is 15.6. The molecule has 1 aromatic carbocycles. The minimum atomic E-state index is -4.18. The number of carboxylic acids is 1. The number of rotatable bonds is 3. The molecule has 0 saturated heterocycles. The van der Waals surface area contributed by atoms with Crippen LogP contribution in [-0.2, 0) is 14.8 Å². The number of ether oxygens (including phenoxy) is 1. The molecule has 1 rings (SSSR count). The maximum atomic E-state index is 11.9. The van der Waals surface area contributed by atoms with E-state index in [0.29, 0.717) is 0 Å². The zero-order valence-electron chi connectivity index (χ0n) is 11.2. The molecule has 8 heteroatoms. The fraction of sp³-hybridized carbons (Fsp3) is 0.333. The molecule has 0 heterocycles. The predicted octanol–water partition coefficient (Wildman–Crippen LogP) is 1.60. The van der Waals surface area contributed by atoms with Gasteiger partial charge >= 0.3 is 12.1 Å². The highest BCUT2D eigenvalue weighted by molar-refractivity contribution is 7.90. The second kappa shape index (κ2) is 5.49. The lowest BCUT2D eigenvalue weighted by Gasteiger charge is -2.19. The van der Waals surface area contributed by atoms with Crippen molar-refractivity contribution in [3.05, 3.63) is 29.8 Å². The third-order valence-electron chi connectivity index (χ3n) is 2.01. The minimum Gasteiger partial charge on any atom is -0.478 e. The van der Waals surface area contributed by atoms with Crippen molar-refractivity contribution >= 4 is 22.1 Å². The molecule has 0 bridgehead atoms. The lowest BCUT2D eigenvalue weighted by atomic mass is 10.2. The molecule has 0 fully saturated rings. The van der Waals surface area contributed by atoms with E-state index in [1.54, 1.807) is 25.5 Å². The summed E-state index contributed by atoms with van der Waals surface area (Å²) in [5.74, 6) is -1.26. The van der Waals surface area contributed by atoms with Crippen molar-refractivity contribution < 1.29 is 27.9 Å². The van der Waals surface area contributed by atoms with E-state index in [0.717, 1.165) is 6.07 Å². The van der Waals surface area contributed by atoms with E-state index in [2.05, 4.69) is 0 Å². The standard InChI is InChI=1S/C12H15NO6S/c1-12(2,3)19-11(16)13-20(17,18)9-6-4-5-8(7-9)10(14)15/h4-7H,1-3H3,(H,13,16)(H,14,15). The van der Waals surface area contributed by atoms with Crippen LogP contribution in [0.2, 0.25) is 0 Å². The largest absolute Gasteiger partial charge is 0.478 e. The van der Waals surface area contributed by atoms with Gasteiger partial charge in [-0.3, -0.25) is 0 Å². The highest BCUT2D eigenvalue weighted by Crippen LogP contribution is 2.13. The molecule has 0 aliphatic carbocycles.